The van der Waals surface area contributed by atoms with E-state index in [-0.39, 0.29) is 46.5 Å². The average Bonchev–Trinajstić information content (AvgIpc) is 3.30. The van der Waals surface area contributed by atoms with E-state index >= 15 is 0 Å². The van der Waals surface area contributed by atoms with Gasteiger partial charge in [-0.05, 0) is 42.0 Å². The lowest BCUT2D eigenvalue weighted by molar-refractivity contribution is -0.131. The fourth-order valence-corrected chi connectivity index (χ4v) is 3.79. The molecule has 39 heavy (non-hydrogen) atoms. The summed E-state index contributed by atoms with van der Waals surface area (Å²) in [6, 6.07) is 11.5. The van der Waals surface area contributed by atoms with Crippen molar-refractivity contribution in [2.75, 3.05) is 12.4 Å². The molecule has 0 spiro atoms. The first kappa shape index (κ1) is 26.5. The van der Waals surface area contributed by atoms with Gasteiger partial charge < -0.3 is 20.5 Å². The SMILES string of the molecule is COc1cc([C@H](Nc2ccc(C(=N)N)c(OC(C)=O)c2)c2nn(-c3cccnn3)c(=O)[nH]2)cc(CC#N)c1F. The van der Waals surface area contributed by atoms with Crippen molar-refractivity contribution in [1.82, 2.24) is 25.0 Å². The second-order valence-corrected chi connectivity index (χ2v) is 8.14. The van der Waals surface area contributed by atoms with Crippen molar-refractivity contribution >= 4 is 17.5 Å². The fraction of sp³-hybridized carbons (Fsp3) is 0.160. The first-order chi connectivity index (χ1) is 18.7. The minimum absolute atomic E-state index is 0.0270. The molecular weight excluding hydrogens is 509 g/mol. The summed E-state index contributed by atoms with van der Waals surface area (Å²) in [4.78, 5) is 27.1. The number of amidine groups is 1. The number of nitriles is 1. The summed E-state index contributed by atoms with van der Waals surface area (Å²) >= 11 is 0. The van der Waals surface area contributed by atoms with E-state index in [1.165, 1.54) is 44.5 Å². The number of ether oxygens (including phenoxy) is 2. The monoisotopic (exact) mass is 531 g/mol. The zero-order chi connectivity index (χ0) is 28.1. The molecule has 2 aromatic heterocycles. The average molecular weight is 532 g/mol. The lowest BCUT2D eigenvalue weighted by Crippen LogP contribution is -2.18. The standard InChI is InChI=1S/C25H22FN9O4/c1-13(36)39-18-12-16(5-6-17(18)23(28)29)31-22(15-10-14(7-8-27)21(26)19(11-15)38-2)24-32-25(37)35(34-24)20-4-3-9-30-33-20/h3-6,9-12,22,31H,7H2,1-2H3,(H3,28,29)(H,32,34,37)/t22-/m0/s1. The number of aromatic nitrogens is 5. The van der Waals surface area contributed by atoms with E-state index in [4.69, 9.17) is 20.6 Å². The Bertz CT molecular complexity index is 1640. The molecule has 14 heteroatoms. The number of rotatable bonds is 9. The van der Waals surface area contributed by atoms with Gasteiger partial charge in [0.15, 0.2) is 23.2 Å². The van der Waals surface area contributed by atoms with Crippen molar-refractivity contribution in [2.24, 2.45) is 5.73 Å². The van der Waals surface area contributed by atoms with E-state index in [9.17, 15) is 19.2 Å². The van der Waals surface area contributed by atoms with Gasteiger partial charge in [-0.1, -0.05) is 0 Å². The summed E-state index contributed by atoms with van der Waals surface area (Å²) in [5.41, 5.74) is 6.03. The Morgan fingerprint density at radius 2 is 2.10 bits per heavy atom. The number of carbonyl (C=O) groups is 1. The zero-order valence-corrected chi connectivity index (χ0v) is 20.7. The molecule has 0 fully saturated rings. The number of nitrogens with one attached hydrogen (secondary N) is 3. The molecule has 4 rings (SSSR count). The zero-order valence-electron chi connectivity index (χ0n) is 20.7. The van der Waals surface area contributed by atoms with Gasteiger partial charge in [0, 0.05) is 30.4 Å². The van der Waals surface area contributed by atoms with Gasteiger partial charge in [0.1, 0.15) is 17.6 Å². The normalized spacial score (nSPS) is 11.3. The van der Waals surface area contributed by atoms with Crippen LogP contribution in [0.15, 0.2) is 53.5 Å². The van der Waals surface area contributed by atoms with Gasteiger partial charge in [-0.3, -0.25) is 15.2 Å². The number of hydrogen-bond acceptors (Lipinski definition) is 10. The van der Waals surface area contributed by atoms with E-state index < -0.39 is 23.5 Å². The van der Waals surface area contributed by atoms with Crippen molar-refractivity contribution in [3.05, 3.63) is 87.5 Å². The Labute approximate surface area is 220 Å². The number of anilines is 1. The van der Waals surface area contributed by atoms with E-state index in [2.05, 4.69) is 25.6 Å². The molecule has 13 nitrogen and oxygen atoms in total. The van der Waals surface area contributed by atoms with Crippen molar-refractivity contribution in [1.29, 1.82) is 10.7 Å². The number of carbonyl (C=O) groups excluding carboxylic acids is 1. The minimum atomic E-state index is -0.934. The molecule has 1 atom stereocenters. The Balaban J connectivity index is 1.87. The molecule has 0 aliphatic rings. The predicted molar refractivity (Wildman–Crippen MR) is 136 cm³/mol. The highest BCUT2D eigenvalue weighted by molar-refractivity contribution is 5.98. The maximum absolute atomic E-state index is 14.8. The van der Waals surface area contributed by atoms with Crippen LogP contribution in [-0.2, 0) is 11.2 Å². The topological polar surface area (TPSA) is 198 Å². The second kappa shape index (κ2) is 11.2. The van der Waals surface area contributed by atoms with Crippen LogP contribution in [0.1, 0.15) is 35.5 Å². The van der Waals surface area contributed by atoms with E-state index in [1.54, 1.807) is 18.2 Å². The number of nitrogen functional groups attached to an aromatic ring is 1. The van der Waals surface area contributed by atoms with Crippen LogP contribution < -0.4 is 26.2 Å². The van der Waals surface area contributed by atoms with Gasteiger partial charge in [-0.2, -0.15) is 15.0 Å². The number of esters is 1. The van der Waals surface area contributed by atoms with Crippen molar-refractivity contribution in [3.8, 4) is 23.4 Å². The van der Waals surface area contributed by atoms with Gasteiger partial charge in [-0.15, -0.1) is 10.2 Å². The summed E-state index contributed by atoms with van der Waals surface area (Å²) in [6.07, 6.45) is 1.20. The highest BCUT2D eigenvalue weighted by Crippen LogP contribution is 2.33. The summed E-state index contributed by atoms with van der Waals surface area (Å²) in [5, 5.41) is 32.2. The van der Waals surface area contributed by atoms with Gasteiger partial charge in [0.25, 0.3) is 0 Å². The molecule has 0 radical (unpaired) electrons. The molecule has 0 saturated carbocycles. The quantitative estimate of drug-likeness (QED) is 0.107. The van der Waals surface area contributed by atoms with Gasteiger partial charge >= 0.3 is 11.7 Å². The number of hydrogen-bond donors (Lipinski definition) is 4. The highest BCUT2D eigenvalue weighted by Gasteiger charge is 2.24. The van der Waals surface area contributed by atoms with Gasteiger partial charge in [0.2, 0.25) is 0 Å². The minimum Gasteiger partial charge on any atom is -0.494 e. The fourth-order valence-electron chi connectivity index (χ4n) is 3.79. The number of methoxy groups -OCH3 is 1. The van der Waals surface area contributed by atoms with E-state index in [0.717, 1.165) is 4.68 Å². The van der Waals surface area contributed by atoms with Crippen LogP contribution in [-0.4, -0.2) is 43.9 Å². The number of nitrogens with two attached hydrogens (primary N) is 1. The first-order valence-corrected chi connectivity index (χ1v) is 11.4. The molecule has 2 heterocycles. The first-order valence-electron chi connectivity index (χ1n) is 11.4. The molecular formula is C25H22FN9O4. The van der Waals surface area contributed by atoms with Crippen molar-refractivity contribution in [3.63, 3.8) is 0 Å². The van der Waals surface area contributed by atoms with Crippen LogP contribution in [0.3, 0.4) is 0 Å². The summed E-state index contributed by atoms with van der Waals surface area (Å²) in [6.45, 7) is 1.21. The molecule has 0 aliphatic carbocycles. The third-order valence-corrected chi connectivity index (χ3v) is 5.48. The third kappa shape index (κ3) is 5.72. The Hall–Kier alpha value is -5.58. The molecule has 0 bridgehead atoms. The highest BCUT2D eigenvalue weighted by atomic mass is 19.1. The Morgan fingerprint density at radius 1 is 1.31 bits per heavy atom. The lowest BCUT2D eigenvalue weighted by Gasteiger charge is -2.21. The molecule has 2 aromatic carbocycles. The van der Waals surface area contributed by atoms with Crippen LogP contribution in [0.4, 0.5) is 10.1 Å². The molecule has 5 N–H and O–H groups in total. The number of H-pyrrole nitrogens is 1. The number of benzene rings is 2. The van der Waals surface area contributed by atoms with Gasteiger partial charge in [-0.25, -0.2) is 9.18 Å². The molecule has 0 aliphatic heterocycles. The summed E-state index contributed by atoms with van der Waals surface area (Å²) in [5.74, 6) is -1.45. The number of nitrogens with zero attached hydrogens (tertiary/aromatic N) is 5. The van der Waals surface area contributed by atoms with Crippen LogP contribution >= 0.6 is 0 Å². The van der Waals surface area contributed by atoms with E-state index in [0.29, 0.717) is 11.3 Å². The molecule has 0 saturated heterocycles. The second-order valence-electron chi connectivity index (χ2n) is 8.14. The number of halogens is 1. The smallest absolute Gasteiger partial charge is 0.349 e. The third-order valence-electron chi connectivity index (χ3n) is 5.48. The number of aromatic amines is 1. The van der Waals surface area contributed by atoms with Crippen LogP contribution in [0, 0.1) is 22.6 Å². The molecule has 198 valence electrons. The van der Waals surface area contributed by atoms with Crippen LogP contribution in [0.5, 0.6) is 11.5 Å². The maximum atomic E-state index is 14.8. The maximum Gasteiger partial charge on any atom is 0.349 e. The summed E-state index contributed by atoms with van der Waals surface area (Å²) in [7, 11) is 1.29. The lowest BCUT2D eigenvalue weighted by atomic mass is 10.00. The molecule has 4 aromatic rings. The van der Waals surface area contributed by atoms with Crippen molar-refractivity contribution in [2.45, 2.75) is 19.4 Å². The van der Waals surface area contributed by atoms with Crippen LogP contribution in [0.2, 0.25) is 0 Å². The Morgan fingerprint density at radius 3 is 2.74 bits per heavy atom. The van der Waals surface area contributed by atoms with E-state index in [1.807, 2.05) is 6.07 Å². The summed E-state index contributed by atoms with van der Waals surface area (Å²) < 4.78 is 26.3. The van der Waals surface area contributed by atoms with Crippen LogP contribution in [0.25, 0.3) is 5.82 Å². The molecule has 0 amide bonds. The van der Waals surface area contributed by atoms with Crippen molar-refractivity contribution < 1.29 is 18.7 Å². The predicted octanol–water partition coefficient (Wildman–Crippen LogP) is 1.98. The molecule has 0 unspecified atom stereocenters. The van der Waals surface area contributed by atoms with Gasteiger partial charge in [0.05, 0.1) is 25.2 Å². The Kier molecular flexibility index (Phi) is 7.62. The largest absolute Gasteiger partial charge is 0.494 e.